The molecule has 0 aliphatic carbocycles. The first kappa shape index (κ1) is 15.8. The normalized spacial score (nSPS) is 14.4. The van der Waals surface area contributed by atoms with Crippen molar-refractivity contribution in [3.8, 4) is 0 Å². The van der Waals surface area contributed by atoms with Crippen LogP contribution in [0, 0.1) is 0 Å². The van der Waals surface area contributed by atoms with Crippen LogP contribution in [0.25, 0.3) is 10.2 Å². The van der Waals surface area contributed by atoms with Crippen LogP contribution in [0.2, 0.25) is 5.28 Å². The Labute approximate surface area is 132 Å². The molecule has 0 amide bonds. The first-order valence-electron chi connectivity index (χ1n) is 6.36. The third kappa shape index (κ3) is 3.75. The molecule has 2 heterocycles. The second kappa shape index (κ2) is 6.47. The predicted molar refractivity (Wildman–Crippen MR) is 89.3 cm³/mol. The summed E-state index contributed by atoms with van der Waals surface area (Å²) in [4.78, 5) is 10.6. The van der Waals surface area contributed by atoms with Crippen LogP contribution in [-0.2, 0) is 6.42 Å². The smallest absolute Gasteiger partial charge is 0.225 e. The highest BCUT2D eigenvalue weighted by Crippen LogP contribution is 2.30. The number of aromatic nitrogens is 2. The SMILES string of the molecule is CCc1cc2c(NCC(C)(O)CSC)nc(Cl)nc2s1. The van der Waals surface area contributed by atoms with Crippen molar-refractivity contribution in [2.45, 2.75) is 25.9 Å². The maximum atomic E-state index is 10.2. The molecule has 0 fully saturated rings. The molecule has 1 atom stereocenters. The zero-order valence-corrected chi connectivity index (χ0v) is 14.1. The van der Waals surface area contributed by atoms with Crippen molar-refractivity contribution >= 4 is 50.7 Å². The molecule has 0 bridgehead atoms. The van der Waals surface area contributed by atoms with Gasteiger partial charge in [-0.2, -0.15) is 11.8 Å². The van der Waals surface area contributed by atoms with Gasteiger partial charge in [0.1, 0.15) is 10.6 Å². The van der Waals surface area contributed by atoms with Gasteiger partial charge < -0.3 is 10.4 Å². The van der Waals surface area contributed by atoms with E-state index < -0.39 is 5.60 Å². The molecule has 20 heavy (non-hydrogen) atoms. The predicted octanol–water partition coefficient (Wildman–Crippen LogP) is 3.43. The van der Waals surface area contributed by atoms with Crippen molar-refractivity contribution in [1.29, 1.82) is 0 Å². The minimum absolute atomic E-state index is 0.231. The van der Waals surface area contributed by atoms with Gasteiger partial charge in [-0.25, -0.2) is 9.97 Å². The summed E-state index contributed by atoms with van der Waals surface area (Å²) in [7, 11) is 0. The van der Waals surface area contributed by atoms with Crippen molar-refractivity contribution in [2.24, 2.45) is 0 Å². The fourth-order valence-corrected chi connectivity index (χ4v) is 3.80. The van der Waals surface area contributed by atoms with Gasteiger partial charge >= 0.3 is 0 Å². The number of hydrogen-bond donors (Lipinski definition) is 2. The third-order valence-electron chi connectivity index (χ3n) is 2.86. The number of nitrogens with one attached hydrogen (secondary N) is 1. The van der Waals surface area contributed by atoms with Gasteiger partial charge in [0.25, 0.3) is 0 Å². The summed E-state index contributed by atoms with van der Waals surface area (Å²) in [5.74, 6) is 1.35. The van der Waals surface area contributed by atoms with Crippen molar-refractivity contribution < 1.29 is 5.11 Å². The van der Waals surface area contributed by atoms with Crippen molar-refractivity contribution in [2.75, 3.05) is 23.9 Å². The summed E-state index contributed by atoms with van der Waals surface area (Å²) < 4.78 is 0. The van der Waals surface area contributed by atoms with Crippen molar-refractivity contribution in [3.05, 3.63) is 16.2 Å². The molecule has 0 aromatic carbocycles. The first-order valence-corrected chi connectivity index (χ1v) is 8.95. The monoisotopic (exact) mass is 331 g/mol. The van der Waals surface area contributed by atoms with Crippen LogP contribution in [0.4, 0.5) is 5.82 Å². The standard InChI is InChI=1S/C13H18ClN3OS2/c1-4-8-5-9-10(15-6-13(2,18)7-19-3)16-12(14)17-11(9)20-8/h5,18H,4,6-7H2,1-3H3,(H,15,16,17). The number of halogens is 1. The van der Waals surface area contributed by atoms with Gasteiger partial charge in [0, 0.05) is 17.2 Å². The molecule has 2 N–H and O–H groups in total. The lowest BCUT2D eigenvalue weighted by Gasteiger charge is -2.23. The van der Waals surface area contributed by atoms with Gasteiger partial charge in [-0.15, -0.1) is 11.3 Å². The molecule has 4 nitrogen and oxygen atoms in total. The van der Waals surface area contributed by atoms with E-state index in [4.69, 9.17) is 11.6 Å². The summed E-state index contributed by atoms with van der Waals surface area (Å²) in [5, 5.41) is 14.6. The number of aryl methyl sites for hydroxylation is 1. The zero-order chi connectivity index (χ0) is 14.8. The Morgan fingerprint density at radius 3 is 2.90 bits per heavy atom. The third-order valence-corrected chi connectivity index (χ3v) is 5.11. The molecular weight excluding hydrogens is 314 g/mol. The van der Waals surface area contributed by atoms with E-state index in [9.17, 15) is 5.11 Å². The fourth-order valence-electron chi connectivity index (χ4n) is 1.89. The number of thiophene rings is 1. The lowest BCUT2D eigenvalue weighted by molar-refractivity contribution is 0.0996. The highest BCUT2D eigenvalue weighted by atomic mass is 35.5. The maximum absolute atomic E-state index is 10.2. The molecule has 0 spiro atoms. The summed E-state index contributed by atoms with van der Waals surface area (Å²) in [6, 6.07) is 2.09. The number of fused-ring (bicyclic) bond motifs is 1. The average molecular weight is 332 g/mol. The Morgan fingerprint density at radius 2 is 2.25 bits per heavy atom. The molecule has 2 aromatic heterocycles. The Kier molecular flexibility index (Phi) is 5.12. The molecule has 0 saturated carbocycles. The van der Waals surface area contributed by atoms with E-state index in [1.807, 2.05) is 13.2 Å². The van der Waals surface area contributed by atoms with Gasteiger partial charge in [0.15, 0.2) is 0 Å². The second-order valence-corrected chi connectivity index (χ2v) is 7.23. The van der Waals surface area contributed by atoms with Gasteiger partial charge in [-0.1, -0.05) is 6.92 Å². The molecule has 1 unspecified atom stereocenters. The van der Waals surface area contributed by atoms with Crippen LogP contribution in [0.15, 0.2) is 6.07 Å². The molecule has 2 rings (SSSR count). The fraction of sp³-hybridized carbons (Fsp3) is 0.538. The number of thioether (sulfide) groups is 1. The van der Waals surface area contributed by atoms with Crippen molar-refractivity contribution in [3.63, 3.8) is 0 Å². The van der Waals surface area contributed by atoms with Crippen LogP contribution in [0.5, 0.6) is 0 Å². The number of anilines is 1. The molecule has 0 saturated heterocycles. The summed E-state index contributed by atoms with van der Waals surface area (Å²) in [5.41, 5.74) is -0.785. The minimum Gasteiger partial charge on any atom is -0.387 e. The zero-order valence-electron chi connectivity index (χ0n) is 11.7. The topological polar surface area (TPSA) is 58.0 Å². The molecule has 0 aliphatic rings. The van der Waals surface area contributed by atoms with E-state index in [2.05, 4.69) is 28.3 Å². The van der Waals surface area contributed by atoms with Crippen LogP contribution >= 0.6 is 34.7 Å². The van der Waals surface area contributed by atoms with E-state index in [0.717, 1.165) is 16.6 Å². The van der Waals surface area contributed by atoms with E-state index in [0.29, 0.717) is 18.1 Å². The van der Waals surface area contributed by atoms with Crippen LogP contribution < -0.4 is 5.32 Å². The average Bonchev–Trinajstić information content (AvgIpc) is 2.78. The maximum Gasteiger partial charge on any atom is 0.225 e. The Bertz CT molecular complexity index is 601. The van der Waals surface area contributed by atoms with Crippen LogP contribution in [0.1, 0.15) is 18.7 Å². The summed E-state index contributed by atoms with van der Waals surface area (Å²) >= 11 is 9.20. The highest BCUT2D eigenvalue weighted by Gasteiger charge is 2.20. The summed E-state index contributed by atoms with van der Waals surface area (Å²) in [6.07, 6.45) is 2.93. The molecule has 0 radical (unpaired) electrons. The van der Waals surface area contributed by atoms with Crippen LogP contribution in [-0.4, -0.2) is 39.2 Å². The summed E-state index contributed by atoms with van der Waals surface area (Å²) in [6.45, 7) is 4.34. The molecular formula is C13H18ClN3OS2. The number of nitrogens with zero attached hydrogens (tertiary/aromatic N) is 2. The van der Waals surface area contributed by atoms with E-state index in [1.165, 1.54) is 4.88 Å². The molecule has 7 heteroatoms. The first-order chi connectivity index (χ1) is 9.45. The lowest BCUT2D eigenvalue weighted by atomic mass is 10.1. The molecule has 2 aromatic rings. The Hall–Kier alpha value is -0.560. The second-order valence-electron chi connectivity index (χ2n) is 4.91. The Morgan fingerprint density at radius 1 is 1.50 bits per heavy atom. The quantitative estimate of drug-likeness (QED) is 0.794. The number of aliphatic hydroxyl groups is 1. The highest BCUT2D eigenvalue weighted by molar-refractivity contribution is 7.98. The molecule has 110 valence electrons. The Balaban J connectivity index is 2.26. The van der Waals surface area contributed by atoms with Crippen LogP contribution in [0.3, 0.4) is 0 Å². The van der Waals surface area contributed by atoms with Gasteiger partial charge in [-0.3, -0.25) is 0 Å². The number of hydrogen-bond acceptors (Lipinski definition) is 6. The van der Waals surface area contributed by atoms with Gasteiger partial charge in [0.05, 0.1) is 11.0 Å². The number of rotatable bonds is 6. The van der Waals surface area contributed by atoms with Crippen molar-refractivity contribution in [1.82, 2.24) is 9.97 Å². The van der Waals surface area contributed by atoms with E-state index in [-0.39, 0.29) is 5.28 Å². The largest absolute Gasteiger partial charge is 0.387 e. The lowest BCUT2D eigenvalue weighted by Crippen LogP contribution is -2.36. The van der Waals surface area contributed by atoms with E-state index in [1.54, 1.807) is 23.1 Å². The van der Waals surface area contributed by atoms with Gasteiger partial charge in [-0.05, 0) is 37.3 Å². The molecule has 0 aliphatic heterocycles. The van der Waals surface area contributed by atoms with E-state index >= 15 is 0 Å². The van der Waals surface area contributed by atoms with Gasteiger partial charge in [0.2, 0.25) is 5.28 Å². The minimum atomic E-state index is -0.785.